The van der Waals surface area contributed by atoms with Crippen molar-refractivity contribution in [1.82, 2.24) is 5.32 Å². The summed E-state index contributed by atoms with van der Waals surface area (Å²) in [7, 11) is 0. The molecule has 0 aromatic heterocycles. The Bertz CT molecular complexity index is 3450. The van der Waals surface area contributed by atoms with Crippen LogP contribution in [-0.4, -0.2) is 45.8 Å². The van der Waals surface area contributed by atoms with Gasteiger partial charge < -0.3 is 45.5 Å². The van der Waals surface area contributed by atoms with Crippen molar-refractivity contribution >= 4 is 86.9 Å². The van der Waals surface area contributed by atoms with Crippen LogP contribution in [0.2, 0.25) is 10.0 Å². The second kappa shape index (κ2) is 44.0. The molecule has 8 aromatic carbocycles. The van der Waals surface area contributed by atoms with Crippen LogP contribution in [0.3, 0.4) is 0 Å². The summed E-state index contributed by atoms with van der Waals surface area (Å²) in [4.78, 5) is 0. The van der Waals surface area contributed by atoms with Gasteiger partial charge in [0.25, 0.3) is 0 Å². The fourth-order valence-corrected chi connectivity index (χ4v) is 10.2. The third-order valence-corrected chi connectivity index (χ3v) is 16.6. The number of nitrogens with two attached hydrogens (primary N) is 7. The van der Waals surface area contributed by atoms with Crippen LogP contribution in [0, 0.1) is 46.5 Å². The molecule has 2 atom stereocenters. The maximum absolute atomic E-state index is 13.8. The predicted molar refractivity (Wildman–Crippen MR) is 362 cm³/mol. The minimum atomic E-state index is -4.63. The van der Waals surface area contributed by atoms with Crippen molar-refractivity contribution in [3.8, 4) is 0 Å². The highest BCUT2D eigenvalue weighted by Gasteiger charge is 2.34. The Morgan fingerprint density at radius 2 is 0.787 bits per heavy atom. The zero-order valence-corrected chi connectivity index (χ0v) is 58.2. The quantitative estimate of drug-likeness (QED) is 0.0413. The van der Waals surface area contributed by atoms with E-state index in [1.165, 1.54) is 60.2 Å². The summed E-state index contributed by atoms with van der Waals surface area (Å²) < 4.78 is 180. The van der Waals surface area contributed by atoms with Gasteiger partial charge in [-0.1, -0.05) is 104 Å². The highest BCUT2D eigenvalue weighted by Crippen LogP contribution is 2.34. The van der Waals surface area contributed by atoms with Gasteiger partial charge in [-0.15, -0.1) is 0 Å². The maximum atomic E-state index is 13.8. The average molecular weight is 1630 g/mol. The second-order valence-electron chi connectivity index (χ2n) is 19.8. The molecule has 15 N–H and O–H groups in total. The first kappa shape index (κ1) is 85.0. The van der Waals surface area contributed by atoms with Crippen LogP contribution in [0.4, 0.5) is 61.5 Å². The maximum Gasteiger partial charge on any atom is 0.419 e. The molecular formula is C66H70Br4Cl2F14N8. The molecule has 94 heavy (non-hydrogen) atoms. The summed E-state index contributed by atoms with van der Waals surface area (Å²) in [5, 5.41) is 3.50. The summed E-state index contributed by atoms with van der Waals surface area (Å²) >= 11 is 24.4. The van der Waals surface area contributed by atoms with Gasteiger partial charge in [-0.25, -0.2) is 35.1 Å². The molecule has 0 aliphatic rings. The highest BCUT2D eigenvalue weighted by molar-refractivity contribution is 9.13. The average Bonchev–Trinajstić information content (AvgIpc) is 1.77. The molecule has 8 rings (SSSR count). The van der Waals surface area contributed by atoms with E-state index in [1.54, 1.807) is 43.3 Å². The van der Waals surface area contributed by atoms with Gasteiger partial charge >= 0.3 is 12.4 Å². The summed E-state index contributed by atoms with van der Waals surface area (Å²) in [6.07, 6.45) is -5.55. The molecule has 0 saturated heterocycles. The zero-order chi connectivity index (χ0) is 70.9. The fourth-order valence-electron chi connectivity index (χ4n) is 8.08. The van der Waals surface area contributed by atoms with E-state index >= 15 is 0 Å². The van der Waals surface area contributed by atoms with E-state index in [-0.39, 0.29) is 77.0 Å². The first-order valence-electron chi connectivity index (χ1n) is 28.3. The molecule has 0 amide bonds. The summed E-state index contributed by atoms with van der Waals surface area (Å²) in [6.45, 7) is 4.77. The van der Waals surface area contributed by atoms with Crippen LogP contribution in [0.1, 0.15) is 74.6 Å². The predicted octanol–water partition coefficient (Wildman–Crippen LogP) is 17.7. The van der Waals surface area contributed by atoms with E-state index < -0.39 is 46.7 Å². The van der Waals surface area contributed by atoms with E-state index in [4.69, 9.17) is 63.3 Å². The van der Waals surface area contributed by atoms with Gasteiger partial charge in [-0.2, -0.15) is 26.3 Å². The molecule has 0 aliphatic carbocycles. The lowest BCUT2D eigenvalue weighted by atomic mass is 10.0. The fraction of sp³-hybridized carbons (Fsp3) is 0.273. The van der Waals surface area contributed by atoms with E-state index in [0.717, 1.165) is 85.3 Å². The number of benzene rings is 8. The number of hydrogen-bond donors (Lipinski definition) is 8. The third-order valence-electron chi connectivity index (χ3n) is 12.7. The molecule has 0 fully saturated rings. The number of hydrogen-bond acceptors (Lipinski definition) is 8. The van der Waals surface area contributed by atoms with Crippen molar-refractivity contribution in [1.29, 1.82) is 0 Å². The molecule has 0 saturated carbocycles. The molecule has 8 nitrogen and oxygen atoms in total. The lowest BCUT2D eigenvalue weighted by Crippen LogP contribution is -2.31. The monoisotopic (exact) mass is 1630 g/mol. The van der Waals surface area contributed by atoms with Crippen molar-refractivity contribution < 1.29 is 61.5 Å². The number of rotatable bonds is 17. The van der Waals surface area contributed by atoms with Crippen molar-refractivity contribution in [3.05, 3.63) is 276 Å². The van der Waals surface area contributed by atoms with E-state index in [0.29, 0.717) is 60.7 Å². The number of nitrogens with one attached hydrogen (secondary N) is 1. The van der Waals surface area contributed by atoms with Gasteiger partial charge in [-0.3, -0.25) is 0 Å². The van der Waals surface area contributed by atoms with Gasteiger partial charge in [0, 0.05) is 48.1 Å². The summed E-state index contributed by atoms with van der Waals surface area (Å²) in [5.74, 6) is -4.72. The van der Waals surface area contributed by atoms with Gasteiger partial charge in [0.1, 0.15) is 46.5 Å². The number of alkyl halides is 6. The Balaban J connectivity index is 0.000000380. The number of halogens is 20. The van der Waals surface area contributed by atoms with Gasteiger partial charge in [-0.05, 0) is 247 Å². The van der Waals surface area contributed by atoms with Crippen LogP contribution < -0.4 is 45.5 Å². The van der Waals surface area contributed by atoms with E-state index in [2.05, 4.69) is 81.2 Å². The van der Waals surface area contributed by atoms with Gasteiger partial charge in [0.15, 0.2) is 0 Å². The van der Waals surface area contributed by atoms with Crippen LogP contribution >= 0.6 is 86.9 Å². The Hall–Kier alpha value is -5.04. The van der Waals surface area contributed by atoms with Crippen LogP contribution in [0.5, 0.6) is 0 Å². The molecule has 0 spiro atoms. The van der Waals surface area contributed by atoms with Crippen molar-refractivity contribution in [2.45, 2.75) is 69.9 Å². The Labute approximate surface area is 581 Å². The Kier molecular flexibility index (Phi) is 39.8. The highest BCUT2D eigenvalue weighted by atomic mass is 79.9. The molecule has 0 heterocycles. The van der Waals surface area contributed by atoms with Crippen molar-refractivity contribution in [2.75, 3.05) is 45.8 Å². The third kappa shape index (κ3) is 31.4. The van der Waals surface area contributed by atoms with Crippen LogP contribution in [0.15, 0.2) is 163 Å². The van der Waals surface area contributed by atoms with Gasteiger partial charge in [0.05, 0.1) is 21.2 Å². The molecule has 0 bridgehead atoms. The Morgan fingerprint density at radius 1 is 0.362 bits per heavy atom. The van der Waals surface area contributed by atoms with E-state index in [9.17, 15) is 61.5 Å². The molecule has 8 aromatic rings. The molecule has 514 valence electrons. The lowest BCUT2D eigenvalue weighted by Gasteiger charge is -2.24. The van der Waals surface area contributed by atoms with Gasteiger partial charge in [0.2, 0.25) is 0 Å². The molecule has 28 heteroatoms. The molecule has 0 radical (unpaired) electrons. The second-order valence-corrected chi connectivity index (χ2v) is 24.1. The smallest absolute Gasteiger partial charge is 0.330 e. The zero-order valence-electron chi connectivity index (χ0n) is 50.3. The van der Waals surface area contributed by atoms with Crippen LogP contribution in [0.25, 0.3) is 0 Å². The molecule has 0 aliphatic heterocycles. The SMILES string of the molecule is CC(NC(CN)c1ccc(F)cc1Br)c1ccc(F)cc1F.NCCc1ccc(Br)c(Br)c1.NCCc1ccc(C(F)(F)F)c(F)c1.NCCc1ccc(Cl)c(F)c1.NCCc1ccc(F)c(Cl)c1.NCCc1ccc(F)cc1Br.NCCc1ccc(F)cc1C(F)(F)F. The minimum Gasteiger partial charge on any atom is -0.330 e. The van der Waals surface area contributed by atoms with Crippen LogP contribution in [-0.2, 0) is 50.9 Å². The summed E-state index contributed by atoms with van der Waals surface area (Å²) in [6, 6.07) is 32.7. The Morgan fingerprint density at radius 3 is 1.24 bits per heavy atom. The van der Waals surface area contributed by atoms with Crippen molar-refractivity contribution in [3.63, 3.8) is 0 Å². The molecular weight excluding hydrogens is 1560 g/mol. The first-order chi connectivity index (χ1) is 44.3. The van der Waals surface area contributed by atoms with E-state index in [1.807, 2.05) is 6.07 Å². The minimum absolute atomic E-state index is 0.0291. The lowest BCUT2D eigenvalue weighted by molar-refractivity contribution is -0.140. The first-order valence-corrected chi connectivity index (χ1v) is 32.2. The standard InChI is InChI=1S/C16H16BrF3N2.2C9H9F4N.C8H9Br2N.C8H9BrFN.2C8H9ClFN/c1-9(12-4-2-11(19)7-15(12)20)22-16(8-21)13-5-3-10(18)6-14(13)17;10-7-2-1-6(3-4-14)8(5-7)9(11,12)13;10-8-5-6(3-4-14)1-2-7(8)9(11,12)13;9-7-2-1-6(3-4-11)5-8(7)10;9-8-5-7(10)2-1-6(8)3-4-11;9-7-5-6(3-4-11)1-2-8(7)10;9-7-2-1-6(3-4-11)5-8(7)10/h2-7,9,16,22H,8,21H2,1H3;2*1-2,5H,3-4,14H2;4*1-2,5H,3-4,11H2. The topological polar surface area (TPSA) is 194 Å². The normalized spacial score (nSPS) is 11.5. The largest absolute Gasteiger partial charge is 0.419 e. The van der Waals surface area contributed by atoms with Crippen molar-refractivity contribution in [2.24, 2.45) is 40.1 Å². The molecule has 2 unspecified atom stereocenters. The summed E-state index contributed by atoms with van der Waals surface area (Å²) in [5.41, 5.74) is 41.1.